The first-order valence-electron chi connectivity index (χ1n) is 6.63. The third kappa shape index (κ3) is 4.09. The molecule has 0 saturated carbocycles. The number of halogens is 2. The topological polar surface area (TPSA) is 69.6 Å². The first kappa shape index (κ1) is 16.1. The molecule has 0 radical (unpaired) electrons. The summed E-state index contributed by atoms with van der Waals surface area (Å²) in [6.07, 6.45) is 0.795. The van der Waals surface area contributed by atoms with Crippen LogP contribution < -0.4 is 5.32 Å². The van der Waals surface area contributed by atoms with Crippen molar-refractivity contribution in [3.05, 3.63) is 33.8 Å². The molecule has 0 spiro atoms. The first-order chi connectivity index (χ1) is 10.0. The number of nitrogens with zero attached hydrogens (tertiary/aromatic N) is 1. The van der Waals surface area contributed by atoms with Crippen LogP contribution in [0.1, 0.15) is 16.8 Å². The lowest BCUT2D eigenvalue weighted by atomic mass is 10.1. The Labute approximate surface area is 132 Å². The van der Waals surface area contributed by atoms with Crippen LogP contribution in [-0.4, -0.2) is 48.1 Å². The van der Waals surface area contributed by atoms with Crippen LogP contribution in [0.3, 0.4) is 0 Å². The normalized spacial score (nSPS) is 17.9. The van der Waals surface area contributed by atoms with E-state index >= 15 is 0 Å². The van der Waals surface area contributed by atoms with E-state index in [9.17, 15) is 9.59 Å². The molecule has 21 heavy (non-hydrogen) atoms. The van der Waals surface area contributed by atoms with Gasteiger partial charge in [0.05, 0.1) is 16.6 Å². The molecular formula is C14H16Cl2N2O3. The molecule has 0 bridgehead atoms. The number of likely N-dealkylation sites (tertiary alicyclic amines) is 1. The zero-order valence-corrected chi connectivity index (χ0v) is 12.8. The van der Waals surface area contributed by atoms with Crippen LogP contribution >= 0.6 is 23.2 Å². The van der Waals surface area contributed by atoms with Crippen molar-refractivity contribution < 1.29 is 14.7 Å². The van der Waals surface area contributed by atoms with Crippen LogP contribution in [0.15, 0.2) is 18.2 Å². The van der Waals surface area contributed by atoms with E-state index in [1.165, 1.54) is 12.1 Å². The van der Waals surface area contributed by atoms with Crippen molar-refractivity contribution in [2.24, 2.45) is 5.92 Å². The molecule has 1 saturated heterocycles. The zero-order chi connectivity index (χ0) is 15.4. The van der Waals surface area contributed by atoms with E-state index < -0.39 is 0 Å². The van der Waals surface area contributed by atoms with E-state index in [-0.39, 0.29) is 30.9 Å². The van der Waals surface area contributed by atoms with Gasteiger partial charge in [-0.25, -0.2) is 0 Å². The zero-order valence-electron chi connectivity index (χ0n) is 11.3. The SMILES string of the molecule is O=C(NCC(=O)N1CCC(CO)C1)c1ccc(Cl)c(Cl)c1. The Morgan fingerprint density at radius 1 is 1.33 bits per heavy atom. The molecule has 0 aromatic heterocycles. The minimum Gasteiger partial charge on any atom is -0.396 e. The highest BCUT2D eigenvalue weighted by Crippen LogP contribution is 2.22. The van der Waals surface area contributed by atoms with Gasteiger partial charge < -0.3 is 15.3 Å². The van der Waals surface area contributed by atoms with Gasteiger partial charge in [0.15, 0.2) is 0 Å². The monoisotopic (exact) mass is 330 g/mol. The third-order valence-corrected chi connectivity index (χ3v) is 4.22. The number of amides is 2. The molecule has 0 aliphatic carbocycles. The fourth-order valence-corrected chi connectivity index (χ4v) is 2.51. The van der Waals surface area contributed by atoms with Gasteiger partial charge in [-0.2, -0.15) is 0 Å². The highest BCUT2D eigenvalue weighted by Gasteiger charge is 2.25. The predicted molar refractivity (Wildman–Crippen MR) is 80.6 cm³/mol. The average molecular weight is 331 g/mol. The van der Waals surface area contributed by atoms with Gasteiger partial charge in [0, 0.05) is 31.2 Å². The second-order valence-electron chi connectivity index (χ2n) is 4.99. The lowest BCUT2D eigenvalue weighted by Gasteiger charge is -2.16. The van der Waals surface area contributed by atoms with Crippen LogP contribution in [0.2, 0.25) is 10.0 Å². The molecule has 2 rings (SSSR count). The summed E-state index contributed by atoms with van der Waals surface area (Å²) in [5, 5.41) is 12.3. The molecule has 1 aliphatic heterocycles. The van der Waals surface area contributed by atoms with Crippen molar-refractivity contribution in [3.63, 3.8) is 0 Å². The van der Waals surface area contributed by atoms with Crippen molar-refractivity contribution >= 4 is 35.0 Å². The number of aliphatic hydroxyl groups is 1. The van der Waals surface area contributed by atoms with Gasteiger partial charge in [0.1, 0.15) is 0 Å². The third-order valence-electron chi connectivity index (χ3n) is 3.48. The maximum atomic E-state index is 11.9. The molecule has 2 amide bonds. The van der Waals surface area contributed by atoms with Crippen LogP contribution in [-0.2, 0) is 4.79 Å². The Morgan fingerprint density at radius 3 is 2.71 bits per heavy atom. The van der Waals surface area contributed by atoms with E-state index in [4.69, 9.17) is 28.3 Å². The van der Waals surface area contributed by atoms with Crippen LogP contribution in [0.25, 0.3) is 0 Å². The fourth-order valence-electron chi connectivity index (χ4n) is 2.22. The number of carbonyl (C=O) groups excluding carboxylic acids is 2. The summed E-state index contributed by atoms with van der Waals surface area (Å²) < 4.78 is 0. The summed E-state index contributed by atoms with van der Waals surface area (Å²) in [7, 11) is 0. The summed E-state index contributed by atoms with van der Waals surface area (Å²) in [4.78, 5) is 25.5. The molecular weight excluding hydrogens is 315 g/mol. The van der Waals surface area contributed by atoms with Crippen LogP contribution in [0.5, 0.6) is 0 Å². The Morgan fingerprint density at radius 2 is 2.10 bits per heavy atom. The maximum Gasteiger partial charge on any atom is 0.251 e. The number of nitrogens with one attached hydrogen (secondary N) is 1. The summed E-state index contributed by atoms with van der Waals surface area (Å²) in [6.45, 7) is 1.17. The minimum atomic E-state index is -0.375. The first-order valence-corrected chi connectivity index (χ1v) is 7.38. The molecule has 5 nitrogen and oxygen atoms in total. The Kier molecular flexibility index (Phi) is 5.45. The number of carbonyl (C=O) groups is 2. The smallest absolute Gasteiger partial charge is 0.251 e. The summed E-state index contributed by atoms with van der Waals surface area (Å²) in [5.41, 5.74) is 0.354. The maximum absolute atomic E-state index is 11.9. The van der Waals surface area contributed by atoms with Gasteiger partial charge in [-0.15, -0.1) is 0 Å². The standard InChI is InChI=1S/C14H16Cl2N2O3/c15-11-2-1-10(5-12(11)16)14(21)17-6-13(20)18-4-3-9(7-18)8-19/h1-2,5,9,19H,3-4,6-8H2,(H,17,21). The van der Waals surface area contributed by atoms with Gasteiger partial charge in [-0.1, -0.05) is 23.2 Å². The largest absolute Gasteiger partial charge is 0.396 e. The van der Waals surface area contributed by atoms with Crippen molar-refractivity contribution in [2.45, 2.75) is 6.42 Å². The molecule has 1 unspecified atom stereocenters. The Balaban J connectivity index is 1.86. The molecule has 1 aromatic rings. The average Bonchev–Trinajstić information content (AvgIpc) is 2.96. The summed E-state index contributed by atoms with van der Waals surface area (Å²) in [5.74, 6) is -0.390. The molecule has 1 heterocycles. The number of benzene rings is 1. The highest BCUT2D eigenvalue weighted by molar-refractivity contribution is 6.42. The van der Waals surface area contributed by atoms with Gasteiger partial charge in [0.2, 0.25) is 5.91 Å². The van der Waals surface area contributed by atoms with Crippen molar-refractivity contribution in [1.29, 1.82) is 0 Å². The van der Waals surface area contributed by atoms with E-state index in [1.54, 1.807) is 11.0 Å². The number of hydrogen-bond donors (Lipinski definition) is 2. The quantitative estimate of drug-likeness (QED) is 0.880. The highest BCUT2D eigenvalue weighted by atomic mass is 35.5. The van der Waals surface area contributed by atoms with Crippen molar-refractivity contribution in [1.82, 2.24) is 10.2 Å². The van der Waals surface area contributed by atoms with Gasteiger partial charge in [-0.05, 0) is 24.6 Å². The summed E-state index contributed by atoms with van der Waals surface area (Å²) in [6, 6.07) is 4.54. The number of hydrogen-bond acceptors (Lipinski definition) is 3. The van der Waals surface area contributed by atoms with Gasteiger partial charge in [-0.3, -0.25) is 9.59 Å². The molecule has 2 N–H and O–H groups in total. The number of aliphatic hydroxyl groups excluding tert-OH is 1. The second-order valence-corrected chi connectivity index (χ2v) is 5.80. The van der Waals surface area contributed by atoms with E-state index in [0.717, 1.165) is 6.42 Å². The molecule has 1 aromatic carbocycles. The minimum absolute atomic E-state index is 0.0722. The van der Waals surface area contributed by atoms with Crippen molar-refractivity contribution in [3.8, 4) is 0 Å². The van der Waals surface area contributed by atoms with Crippen LogP contribution in [0, 0.1) is 5.92 Å². The lowest BCUT2D eigenvalue weighted by Crippen LogP contribution is -2.39. The van der Waals surface area contributed by atoms with E-state index in [0.29, 0.717) is 28.7 Å². The Hall–Kier alpha value is -1.30. The summed E-state index contributed by atoms with van der Waals surface area (Å²) >= 11 is 11.6. The lowest BCUT2D eigenvalue weighted by molar-refractivity contribution is -0.129. The molecule has 7 heteroatoms. The molecule has 1 aliphatic rings. The fraction of sp³-hybridized carbons (Fsp3) is 0.429. The van der Waals surface area contributed by atoms with E-state index in [2.05, 4.69) is 5.32 Å². The van der Waals surface area contributed by atoms with Gasteiger partial charge in [0.25, 0.3) is 5.91 Å². The van der Waals surface area contributed by atoms with Gasteiger partial charge >= 0.3 is 0 Å². The number of rotatable bonds is 4. The molecule has 1 fully saturated rings. The van der Waals surface area contributed by atoms with Crippen molar-refractivity contribution in [2.75, 3.05) is 26.2 Å². The Bertz CT molecular complexity index is 551. The second kappa shape index (κ2) is 7.11. The predicted octanol–water partition coefficient (Wildman–Crippen LogP) is 1.56. The molecule has 1 atom stereocenters. The van der Waals surface area contributed by atoms with Crippen LogP contribution in [0.4, 0.5) is 0 Å². The van der Waals surface area contributed by atoms with E-state index in [1.807, 2.05) is 0 Å². The molecule has 114 valence electrons.